The molecule has 0 spiro atoms. The quantitative estimate of drug-likeness (QED) is 0.502. The number of rotatable bonds is 4. The van der Waals surface area contributed by atoms with Gasteiger partial charge in [0.2, 0.25) is 6.29 Å². The molecule has 1 aliphatic rings. The zero-order valence-electron chi connectivity index (χ0n) is 15.2. The van der Waals surface area contributed by atoms with E-state index in [2.05, 4.69) is 0 Å². The topological polar surface area (TPSA) is 130 Å². The van der Waals surface area contributed by atoms with Crippen LogP contribution in [0.15, 0.2) is 64.0 Å². The summed E-state index contributed by atoms with van der Waals surface area (Å²) in [6, 6.07) is 13.7. The summed E-state index contributed by atoms with van der Waals surface area (Å²) in [6.45, 7) is -0.556. The SMILES string of the molecule is O=c1c(-c2ccccc2)coc2cc(O[C@H]3O[C@H](CO)[C@H](O)[C@@H](O)[C@@H]3O)ccc12. The van der Waals surface area contributed by atoms with Crippen LogP contribution in [0.2, 0.25) is 0 Å². The molecule has 8 nitrogen and oxygen atoms in total. The molecule has 0 amide bonds. The van der Waals surface area contributed by atoms with Gasteiger partial charge in [0.1, 0.15) is 42.0 Å². The van der Waals surface area contributed by atoms with Gasteiger partial charge in [-0.2, -0.15) is 0 Å². The molecule has 0 bridgehead atoms. The average molecular weight is 400 g/mol. The number of fused-ring (bicyclic) bond motifs is 1. The molecule has 1 fully saturated rings. The monoisotopic (exact) mass is 400 g/mol. The van der Waals surface area contributed by atoms with Gasteiger partial charge in [-0.3, -0.25) is 4.79 Å². The van der Waals surface area contributed by atoms with E-state index in [0.29, 0.717) is 10.9 Å². The standard InChI is InChI=1S/C21H20O8/c22-9-16-18(24)19(25)20(26)21(29-16)28-12-6-7-13-15(8-12)27-10-14(17(13)23)11-4-2-1-3-5-11/h1-8,10,16,18-22,24-26H,9H2/t16-,18+,19-,20+,21+/m1/s1. The van der Waals surface area contributed by atoms with E-state index >= 15 is 0 Å². The van der Waals surface area contributed by atoms with Crippen LogP contribution in [0.3, 0.4) is 0 Å². The minimum absolute atomic E-state index is 0.197. The second-order valence-corrected chi connectivity index (χ2v) is 6.82. The maximum atomic E-state index is 12.8. The Hall–Kier alpha value is -2.75. The Morgan fingerprint density at radius 2 is 1.72 bits per heavy atom. The van der Waals surface area contributed by atoms with Crippen LogP contribution in [0.5, 0.6) is 5.75 Å². The second-order valence-electron chi connectivity index (χ2n) is 6.82. The lowest BCUT2D eigenvalue weighted by Gasteiger charge is -2.39. The molecule has 1 aromatic heterocycles. The highest BCUT2D eigenvalue weighted by atomic mass is 16.7. The summed E-state index contributed by atoms with van der Waals surface area (Å²) in [5, 5.41) is 39.4. The fourth-order valence-corrected chi connectivity index (χ4v) is 3.30. The zero-order valence-corrected chi connectivity index (χ0v) is 15.2. The molecule has 5 atom stereocenters. The molecule has 152 valence electrons. The van der Waals surface area contributed by atoms with E-state index in [0.717, 1.165) is 5.56 Å². The lowest BCUT2D eigenvalue weighted by Crippen LogP contribution is -2.60. The first kappa shape index (κ1) is 19.6. The van der Waals surface area contributed by atoms with Crippen LogP contribution < -0.4 is 10.2 Å². The maximum Gasteiger partial charge on any atom is 0.229 e. The maximum absolute atomic E-state index is 12.8. The van der Waals surface area contributed by atoms with Crippen LogP contribution in [0.25, 0.3) is 22.1 Å². The number of hydrogen-bond acceptors (Lipinski definition) is 8. The molecule has 0 unspecified atom stereocenters. The Labute approximate surface area is 165 Å². The predicted molar refractivity (Wildman–Crippen MR) is 102 cm³/mol. The highest BCUT2D eigenvalue weighted by Crippen LogP contribution is 2.27. The van der Waals surface area contributed by atoms with Crippen molar-refractivity contribution in [3.63, 3.8) is 0 Å². The van der Waals surface area contributed by atoms with Crippen molar-refractivity contribution >= 4 is 11.0 Å². The predicted octanol–water partition coefficient (Wildman–Crippen LogP) is 0.639. The lowest BCUT2D eigenvalue weighted by molar-refractivity contribution is -0.277. The van der Waals surface area contributed by atoms with E-state index in [-0.39, 0.29) is 16.8 Å². The van der Waals surface area contributed by atoms with E-state index in [1.807, 2.05) is 30.3 Å². The van der Waals surface area contributed by atoms with Crippen molar-refractivity contribution in [3.05, 3.63) is 65.0 Å². The van der Waals surface area contributed by atoms with Crippen LogP contribution >= 0.6 is 0 Å². The summed E-state index contributed by atoms with van der Waals surface area (Å²) in [4.78, 5) is 12.8. The lowest BCUT2D eigenvalue weighted by atomic mass is 9.99. The molecule has 2 aromatic carbocycles. The number of hydrogen-bond donors (Lipinski definition) is 4. The summed E-state index contributed by atoms with van der Waals surface area (Å²) >= 11 is 0. The molecule has 3 aromatic rings. The van der Waals surface area contributed by atoms with Gasteiger partial charge in [0.15, 0.2) is 5.43 Å². The van der Waals surface area contributed by atoms with Gasteiger partial charge in [-0.15, -0.1) is 0 Å². The van der Waals surface area contributed by atoms with E-state index in [4.69, 9.17) is 13.9 Å². The first-order chi connectivity index (χ1) is 14.0. The summed E-state index contributed by atoms with van der Waals surface area (Å²) in [6.07, 6.45) is -5.57. The molecular weight excluding hydrogens is 380 g/mol. The Morgan fingerprint density at radius 3 is 2.45 bits per heavy atom. The van der Waals surface area contributed by atoms with Crippen molar-refractivity contribution in [1.29, 1.82) is 0 Å². The Bertz CT molecular complexity index is 1050. The van der Waals surface area contributed by atoms with Crippen molar-refractivity contribution in [1.82, 2.24) is 0 Å². The molecule has 0 saturated carbocycles. The third kappa shape index (κ3) is 3.64. The van der Waals surface area contributed by atoms with Gasteiger partial charge in [0.05, 0.1) is 17.6 Å². The number of aliphatic hydroxyl groups excluding tert-OH is 4. The van der Waals surface area contributed by atoms with Crippen molar-refractivity contribution in [2.24, 2.45) is 0 Å². The fourth-order valence-electron chi connectivity index (χ4n) is 3.30. The Balaban J connectivity index is 1.62. The minimum atomic E-state index is -1.54. The Morgan fingerprint density at radius 1 is 0.966 bits per heavy atom. The smallest absolute Gasteiger partial charge is 0.229 e. The number of benzene rings is 2. The summed E-state index contributed by atoms with van der Waals surface area (Å²) < 4.78 is 16.5. The highest BCUT2D eigenvalue weighted by Gasteiger charge is 2.44. The largest absolute Gasteiger partial charge is 0.463 e. The van der Waals surface area contributed by atoms with Gasteiger partial charge in [0, 0.05) is 6.07 Å². The summed E-state index contributed by atoms with van der Waals surface area (Å²) in [5.41, 5.74) is 1.25. The minimum Gasteiger partial charge on any atom is -0.463 e. The average Bonchev–Trinajstić information content (AvgIpc) is 2.75. The molecule has 1 aliphatic heterocycles. The Kier molecular flexibility index (Phi) is 5.35. The molecule has 29 heavy (non-hydrogen) atoms. The van der Waals surface area contributed by atoms with Gasteiger partial charge >= 0.3 is 0 Å². The van der Waals surface area contributed by atoms with Gasteiger partial charge in [-0.05, 0) is 17.7 Å². The van der Waals surface area contributed by atoms with Crippen molar-refractivity contribution < 1.29 is 34.3 Å². The summed E-state index contributed by atoms with van der Waals surface area (Å²) in [5.74, 6) is 0.220. The normalized spacial score (nSPS) is 27.1. The van der Waals surface area contributed by atoms with Crippen molar-refractivity contribution in [2.45, 2.75) is 30.7 Å². The van der Waals surface area contributed by atoms with Crippen LogP contribution in [0.1, 0.15) is 0 Å². The zero-order chi connectivity index (χ0) is 20.5. The molecule has 2 heterocycles. The van der Waals surface area contributed by atoms with Crippen LogP contribution in [-0.2, 0) is 4.74 Å². The third-order valence-electron chi connectivity index (χ3n) is 4.93. The molecule has 4 rings (SSSR count). The van der Waals surface area contributed by atoms with Crippen molar-refractivity contribution in [2.75, 3.05) is 6.61 Å². The van der Waals surface area contributed by atoms with Gasteiger partial charge in [-0.1, -0.05) is 30.3 Å². The summed E-state index contributed by atoms with van der Waals surface area (Å²) in [7, 11) is 0. The van der Waals surface area contributed by atoms with Crippen LogP contribution in [0, 0.1) is 0 Å². The van der Waals surface area contributed by atoms with Gasteiger partial charge in [-0.25, -0.2) is 0 Å². The second kappa shape index (κ2) is 7.94. The molecule has 1 saturated heterocycles. The number of aliphatic hydroxyl groups is 4. The third-order valence-corrected chi connectivity index (χ3v) is 4.93. The van der Waals surface area contributed by atoms with Crippen molar-refractivity contribution in [3.8, 4) is 16.9 Å². The molecule has 0 aliphatic carbocycles. The first-order valence-electron chi connectivity index (χ1n) is 9.07. The van der Waals surface area contributed by atoms with Crippen LogP contribution in [-0.4, -0.2) is 57.7 Å². The first-order valence-corrected chi connectivity index (χ1v) is 9.07. The van der Waals surface area contributed by atoms with Gasteiger partial charge < -0.3 is 34.3 Å². The van der Waals surface area contributed by atoms with Crippen LogP contribution in [0.4, 0.5) is 0 Å². The molecule has 0 radical (unpaired) electrons. The van der Waals surface area contributed by atoms with E-state index in [1.165, 1.54) is 24.5 Å². The van der Waals surface area contributed by atoms with E-state index in [9.17, 15) is 25.2 Å². The number of ether oxygens (including phenoxy) is 2. The molecule has 4 N–H and O–H groups in total. The molecule has 8 heteroatoms. The van der Waals surface area contributed by atoms with Gasteiger partial charge in [0.25, 0.3) is 0 Å². The fraction of sp³-hybridized carbons (Fsp3) is 0.286. The molecular formula is C21H20O8. The van der Waals surface area contributed by atoms with E-state index < -0.39 is 37.3 Å². The highest BCUT2D eigenvalue weighted by molar-refractivity contribution is 5.82. The van der Waals surface area contributed by atoms with E-state index in [1.54, 1.807) is 0 Å².